The second-order valence-corrected chi connectivity index (χ2v) is 4.26. The molecule has 0 atom stereocenters. The highest BCUT2D eigenvalue weighted by atomic mass is 16.1. The molecule has 19 heavy (non-hydrogen) atoms. The number of rotatable bonds is 2. The van der Waals surface area contributed by atoms with E-state index >= 15 is 0 Å². The van der Waals surface area contributed by atoms with Crippen LogP contribution in [0.15, 0.2) is 53.6 Å². The Morgan fingerprint density at radius 3 is 2.89 bits per heavy atom. The van der Waals surface area contributed by atoms with Crippen LogP contribution in [0, 0.1) is 0 Å². The van der Waals surface area contributed by atoms with E-state index < -0.39 is 0 Å². The van der Waals surface area contributed by atoms with Crippen LogP contribution in [0.4, 0.5) is 5.69 Å². The number of fused-ring (bicyclic) bond motifs is 1. The standard InChI is InChI=1S/C14H12N4O/c15-10-5-6-16-11(7-10)9-18-13-4-2-1-3-12(13)14(19)8-17-18/h1-8H,9H2,(H2,15,16). The molecule has 94 valence electrons. The zero-order chi connectivity index (χ0) is 13.2. The van der Waals surface area contributed by atoms with Crippen molar-refractivity contribution in [3.05, 3.63) is 64.7 Å². The number of nitrogen functional groups attached to an aromatic ring is 1. The van der Waals surface area contributed by atoms with Crippen LogP contribution in [-0.2, 0) is 6.54 Å². The molecule has 2 heterocycles. The van der Waals surface area contributed by atoms with Crippen LogP contribution in [0.2, 0.25) is 0 Å². The Hall–Kier alpha value is -2.69. The van der Waals surface area contributed by atoms with E-state index in [2.05, 4.69) is 10.1 Å². The lowest BCUT2D eigenvalue weighted by Gasteiger charge is -2.08. The number of benzene rings is 1. The second-order valence-electron chi connectivity index (χ2n) is 4.26. The van der Waals surface area contributed by atoms with E-state index in [9.17, 15) is 4.79 Å². The van der Waals surface area contributed by atoms with Crippen molar-refractivity contribution in [3.63, 3.8) is 0 Å². The van der Waals surface area contributed by atoms with E-state index in [0.717, 1.165) is 11.2 Å². The monoisotopic (exact) mass is 252 g/mol. The summed E-state index contributed by atoms with van der Waals surface area (Å²) >= 11 is 0. The third-order valence-corrected chi connectivity index (χ3v) is 2.91. The Labute approximate surface area is 109 Å². The van der Waals surface area contributed by atoms with Gasteiger partial charge < -0.3 is 5.73 Å². The Morgan fingerprint density at radius 2 is 2.05 bits per heavy atom. The molecule has 0 aliphatic rings. The van der Waals surface area contributed by atoms with E-state index in [4.69, 9.17) is 5.73 Å². The summed E-state index contributed by atoms with van der Waals surface area (Å²) in [5.41, 5.74) is 7.91. The van der Waals surface area contributed by atoms with Crippen molar-refractivity contribution in [1.29, 1.82) is 0 Å². The summed E-state index contributed by atoms with van der Waals surface area (Å²) in [7, 11) is 0. The van der Waals surface area contributed by atoms with Crippen LogP contribution in [0.25, 0.3) is 10.9 Å². The maximum atomic E-state index is 11.7. The quantitative estimate of drug-likeness (QED) is 0.748. The van der Waals surface area contributed by atoms with Crippen LogP contribution in [0.5, 0.6) is 0 Å². The predicted molar refractivity (Wildman–Crippen MR) is 73.8 cm³/mol. The molecular formula is C14H12N4O. The van der Waals surface area contributed by atoms with E-state index in [1.807, 2.05) is 18.2 Å². The van der Waals surface area contributed by atoms with Gasteiger partial charge in [-0.1, -0.05) is 12.1 Å². The largest absolute Gasteiger partial charge is 0.399 e. The molecule has 2 aromatic heterocycles. The minimum Gasteiger partial charge on any atom is -0.399 e. The zero-order valence-corrected chi connectivity index (χ0v) is 10.2. The lowest BCUT2D eigenvalue weighted by molar-refractivity contribution is 0.681. The van der Waals surface area contributed by atoms with Crippen molar-refractivity contribution in [1.82, 2.24) is 14.8 Å². The van der Waals surface area contributed by atoms with Crippen molar-refractivity contribution in [3.8, 4) is 0 Å². The van der Waals surface area contributed by atoms with Gasteiger partial charge in [0.15, 0.2) is 0 Å². The molecular weight excluding hydrogens is 240 g/mol. The smallest absolute Gasteiger partial charge is 0.207 e. The molecule has 0 fully saturated rings. The molecule has 0 radical (unpaired) electrons. The van der Waals surface area contributed by atoms with E-state index in [1.54, 1.807) is 29.1 Å². The Balaban J connectivity index is 2.11. The van der Waals surface area contributed by atoms with Crippen molar-refractivity contribution in [2.24, 2.45) is 0 Å². The third kappa shape index (κ3) is 2.18. The average Bonchev–Trinajstić information content (AvgIpc) is 2.42. The fraction of sp³-hybridized carbons (Fsp3) is 0.0714. The molecule has 0 bridgehead atoms. The normalized spacial score (nSPS) is 10.7. The van der Waals surface area contributed by atoms with Crippen LogP contribution in [-0.4, -0.2) is 14.8 Å². The van der Waals surface area contributed by atoms with E-state index in [1.165, 1.54) is 6.20 Å². The number of para-hydroxylation sites is 1. The van der Waals surface area contributed by atoms with Gasteiger partial charge in [0.1, 0.15) is 0 Å². The van der Waals surface area contributed by atoms with Crippen molar-refractivity contribution < 1.29 is 0 Å². The number of hydrogen-bond acceptors (Lipinski definition) is 4. The molecule has 0 unspecified atom stereocenters. The number of nitrogens with zero attached hydrogens (tertiary/aromatic N) is 3. The van der Waals surface area contributed by atoms with Gasteiger partial charge in [0.05, 0.1) is 24.0 Å². The maximum Gasteiger partial charge on any atom is 0.207 e. The van der Waals surface area contributed by atoms with E-state index in [-0.39, 0.29) is 5.43 Å². The topological polar surface area (TPSA) is 73.8 Å². The second kappa shape index (κ2) is 4.53. The number of nitrogens with two attached hydrogens (primary N) is 1. The molecule has 0 saturated heterocycles. The number of aromatic nitrogens is 3. The van der Waals surface area contributed by atoms with Gasteiger partial charge in [0.25, 0.3) is 0 Å². The number of anilines is 1. The molecule has 0 amide bonds. The maximum absolute atomic E-state index is 11.7. The van der Waals surface area contributed by atoms with Crippen LogP contribution >= 0.6 is 0 Å². The van der Waals surface area contributed by atoms with Crippen molar-refractivity contribution >= 4 is 16.6 Å². The summed E-state index contributed by atoms with van der Waals surface area (Å²) in [6.07, 6.45) is 2.99. The molecule has 0 aliphatic carbocycles. The zero-order valence-electron chi connectivity index (χ0n) is 10.2. The molecule has 2 N–H and O–H groups in total. The van der Waals surface area contributed by atoms with Gasteiger partial charge >= 0.3 is 0 Å². The SMILES string of the molecule is Nc1ccnc(Cn2ncc(=O)c3ccccc32)c1. The molecule has 1 aromatic carbocycles. The summed E-state index contributed by atoms with van der Waals surface area (Å²) < 4.78 is 1.75. The molecule has 0 spiro atoms. The molecule has 0 saturated carbocycles. The van der Waals surface area contributed by atoms with Gasteiger partial charge in [-0.2, -0.15) is 5.10 Å². The third-order valence-electron chi connectivity index (χ3n) is 2.91. The molecule has 0 aliphatic heterocycles. The molecule has 3 aromatic rings. The van der Waals surface area contributed by atoms with Crippen LogP contribution in [0.3, 0.4) is 0 Å². The summed E-state index contributed by atoms with van der Waals surface area (Å²) in [6, 6.07) is 10.9. The first-order valence-corrected chi connectivity index (χ1v) is 5.89. The van der Waals surface area contributed by atoms with Gasteiger partial charge in [-0.15, -0.1) is 0 Å². The van der Waals surface area contributed by atoms with Crippen LogP contribution < -0.4 is 11.2 Å². The Morgan fingerprint density at radius 1 is 1.21 bits per heavy atom. The van der Waals surface area contributed by atoms with Crippen molar-refractivity contribution in [2.45, 2.75) is 6.54 Å². The number of pyridine rings is 1. The minimum absolute atomic E-state index is 0.0765. The van der Waals surface area contributed by atoms with Gasteiger partial charge in [0, 0.05) is 17.3 Å². The fourth-order valence-electron chi connectivity index (χ4n) is 2.02. The highest BCUT2D eigenvalue weighted by Crippen LogP contribution is 2.10. The fourth-order valence-corrected chi connectivity index (χ4v) is 2.02. The highest BCUT2D eigenvalue weighted by Gasteiger charge is 2.04. The minimum atomic E-state index is -0.0765. The summed E-state index contributed by atoms with van der Waals surface area (Å²) in [6.45, 7) is 0.478. The Bertz CT molecular complexity index is 795. The van der Waals surface area contributed by atoms with Crippen LogP contribution in [0.1, 0.15) is 5.69 Å². The van der Waals surface area contributed by atoms with Gasteiger partial charge in [-0.05, 0) is 24.3 Å². The first-order chi connectivity index (χ1) is 9.24. The number of hydrogen-bond donors (Lipinski definition) is 1. The average molecular weight is 252 g/mol. The first-order valence-electron chi connectivity index (χ1n) is 5.89. The molecule has 5 nitrogen and oxygen atoms in total. The molecule has 3 rings (SSSR count). The van der Waals surface area contributed by atoms with Gasteiger partial charge in [-0.25, -0.2) is 0 Å². The summed E-state index contributed by atoms with van der Waals surface area (Å²) in [5, 5.41) is 4.81. The predicted octanol–water partition coefficient (Wildman–Crippen LogP) is 1.42. The van der Waals surface area contributed by atoms with E-state index in [0.29, 0.717) is 17.6 Å². The first kappa shape index (κ1) is 11.4. The summed E-state index contributed by atoms with van der Waals surface area (Å²) in [4.78, 5) is 16.0. The lowest BCUT2D eigenvalue weighted by Crippen LogP contribution is -2.13. The lowest BCUT2D eigenvalue weighted by atomic mass is 10.2. The molecule has 5 heteroatoms. The highest BCUT2D eigenvalue weighted by molar-refractivity contribution is 5.77. The van der Waals surface area contributed by atoms with Gasteiger partial charge in [0.2, 0.25) is 5.43 Å². The Kier molecular flexibility index (Phi) is 2.72. The van der Waals surface area contributed by atoms with Crippen molar-refractivity contribution in [2.75, 3.05) is 5.73 Å². The van der Waals surface area contributed by atoms with Gasteiger partial charge in [-0.3, -0.25) is 14.5 Å². The summed E-state index contributed by atoms with van der Waals surface area (Å²) in [5.74, 6) is 0.